The van der Waals surface area contributed by atoms with Gasteiger partial charge < -0.3 is 18.9 Å². The maximum absolute atomic E-state index is 12.7. The second-order valence-electron chi connectivity index (χ2n) is 6.28. The van der Waals surface area contributed by atoms with Crippen LogP contribution >= 0.6 is 0 Å². The van der Waals surface area contributed by atoms with Gasteiger partial charge in [-0.2, -0.15) is 4.98 Å². The Bertz CT molecular complexity index is 714. The van der Waals surface area contributed by atoms with Crippen LogP contribution in [0.15, 0.2) is 28.8 Å². The lowest BCUT2D eigenvalue weighted by molar-refractivity contribution is -0.132. The van der Waals surface area contributed by atoms with E-state index in [1.165, 1.54) is 0 Å². The van der Waals surface area contributed by atoms with E-state index < -0.39 is 0 Å². The van der Waals surface area contributed by atoms with E-state index in [9.17, 15) is 4.79 Å². The smallest absolute Gasteiger partial charge is 0.252 e. The van der Waals surface area contributed by atoms with Gasteiger partial charge in [0.15, 0.2) is 5.82 Å². The molecule has 0 N–H and O–H groups in total. The van der Waals surface area contributed by atoms with Crippen molar-refractivity contribution in [3.8, 4) is 5.75 Å². The van der Waals surface area contributed by atoms with Gasteiger partial charge in [-0.15, -0.1) is 0 Å². The van der Waals surface area contributed by atoms with Crippen molar-refractivity contribution in [2.24, 2.45) is 0 Å². The molecule has 1 aromatic carbocycles. The standard InChI is InChI=1S/C19H25N3O4/c1-3-25-13-17-20-19(21-26-17)16-5-4-12-22(16)18(23)11-8-14-6-9-15(24-2)10-7-14/h6-7,9-10,16H,3-5,8,11-13H2,1-2H3. The molecule has 1 aliphatic heterocycles. The SMILES string of the molecule is CCOCc1nc(C2CCCN2C(=O)CCc2ccc(OC)cc2)no1. The Balaban J connectivity index is 1.58. The number of carbonyl (C=O) groups is 1. The molecular formula is C19H25N3O4. The van der Waals surface area contributed by atoms with E-state index in [2.05, 4.69) is 10.1 Å². The largest absolute Gasteiger partial charge is 0.497 e. The number of hydrogen-bond acceptors (Lipinski definition) is 6. The predicted octanol–water partition coefficient (Wildman–Crippen LogP) is 2.91. The molecule has 0 radical (unpaired) electrons. The maximum Gasteiger partial charge on any atom is 0.252 e. The van der Waals surface area contributed by atoms with E-state index >= 15 is 0 Å². The average Bonchev–Trinajstić information content (AvgIpc) is 3.33. The van der Waals surface area contributed by atoms with Crippen molar-refractivity contribution in [3.05, 3.63) is 41.5 Å². The van der Waals surface area contributed by atoms with Crippen LogP contribution < -0.4 is 4.74 Å². The number of amides is 1. The van der Waals surface area contributed by atoms with Crippen molar-refractivity contribution < 1.29 is 18.8 Å². The third kappa shape index (κ3) is 4.40. The van der Waals surface area contributed by atoms with Crippen LogP contribution in [0.3, 0.4) is 0 Å². The molecule has 1 atom stereocenters. The van der Waals surface area contributed by atoms with E-state index in [0.29, 0.717) is 37.8 Å². The zero-order valence-corrected chi connectivity index (χ0v) is 15.3. The summed E-state index contributed by atoms with van der Waals surface area (Å²) in [5, 5.41) is 4.05. The summed E-state index contributed by atoms with van der Waals surface area (Å²) in [6, 6.07) is 7.71. The van der Waals surface area contributed by atoms with Crippen LogP contribution in [0.4, 0.5) is 0 Å². The van der Waals surface area contributed by atoms with Crippen molar-refractivity contribution in [3.63, 3.8) is 0 Å². The topological polar surface area (TPSA) is 77.7 Å². The van der Waals surface area contributed by atoms with Crippen LogP contribution in [-0.4, -0.2) is 41.2 Å². The highest BCUT2D eigenvalue weighted by atomic mass is 16.5. The number of aromatic nitrogens is 2. The van der Waals surface area contributed by atoms with Gasteiger partial charge >= 0.3 is 0 Å². The molecule has 1 aromatic heterocycles. The molecule has 2 aromatic rings. The molecule has 7 heteroatoms. The molecular weight excluding hydrogens is 334 g/mol. The minimum atomic E-state index is -0.0995. The van der Waals surface area contributed by atoms with Crippen molar-refractivity contribution in [1.82, 2.24) is 15.0 Å². The van der Waals surface area contributed by atoms with Gasteiger partial charge in [0.25, 0.3) is 5.89 Å². The van der Waals surface area contributed by atoms with Gasteiger partial charge in [-0.1, -0.05) is 17.3 Å². The molecule has 2 heterocycles. The Morgan fingerprint density at radius 1 is 1.35 bits per heavy atom. The Morgan fingerprint density at radius 3 is 2.88 bits per heavy atom. The number of nitrogens with zero attached hydrogens (tertiary/aromatic N) is 3. The van der Waals surface area contributed by atoms with Crippen molar-refractivity contribution >= 4 is 5.91 Å². The average molecular weight is 359 g/mol. The van der Waals surface area contributed by atoms with Crippen LogP contribution in [0.25, 0.3) is 0 Å². The van der Waals surface area contributed by atoms with Gasteiger partial charge in [0.1, 0.15) is 12.4 Å². The highest BCUT2D eigenvalue weighted by Crippen LogP contribution is 2.31. The summed E-state index contributed by atoms with van der Waals surface area (Å²) < 4.78 is 15.7. The fourth-order valence-corrected chi connectivity index (χ4v) is 3.17. The molecule has 0 bridgehead atoms. The number of benzene rings is 1. The van der Waals surface area contributed by atoms with Crippen LogP contribution in [-0.2, 0) is 22.6 Å². The van der Waals surface area contributed by atoms with Gasteiger partial charge in [0.05, 0.1) is 13.2 Å². The zero-order valence-electron chi connectivity index (χ0n) is 15.3. The summed E-state index contributed by atoms with van der Waals surface area (Å²) in [6.45, 7) is 3.55. The third-order valence-electron chi connectivity index (χ3n) is 4.57. The lowest BCUT2D eigenvalue weighted by Gasteiger charge is -2.22. The van der Waals surface area contributed by atoms with Gasteiger partial charge in [0.2, 0.25) is 5.91 Å². The summed E-state index contributed by atoms with van der Waals surface area (Å²) in [6.07, 6.45) is 2.98. The molecule has 7 nitrogen and oxygen atoms in total. The lowest BCUT2D eigenvalue weighted by Crippen LogP contribution is -2.31. The number of hydrogen-bond donors (Lipinski definition) is 0. The summed E-state index contributed by atoms with van der Waals surface area (Å²) in [4.78, 5) is 19.0. The molecule has 140 valence electrons. The van der Waals surface area contributed by atoms with Crippen LogP contribution in [0.1, 0.15) is 49.5 Å². The number of methoxy groups -OCH3 is 1. The number of likely N-dealkylation sites (tertiary alicyclic amines) is 1. The molecule has 1 saturated heterocycles. The third-order valence-corrected chi connectivity index (χ3v) is 4.57. The monoisotopic (exact) mass is 359 g/mol. The van der Waals surface area contributed by atoms with Gasteiger partial charge in [0, 0.05) is 19.6 Å². The van der Waals surface area contributed by atoms with Gasteiger partial charge in [-0.05, 0) is 43.9 Å². The quantitative estimate of drug-likeness (QED) is 0.721. The lowest BCUT2D eigenvalue weighted by atomic mass is 10.1. The predicted molar refractivity (Wildman–Crippen MR) is 94.6 cm³/mol. The molecule has 0 spiro atoms. The first-order valence-corrected chi connectivity index (χ1v) is 9.04. The fraction of sp³-hybridized carbons (Fsp3) is 0.526. The van der Waals surface area contributed by atoms with Crippen molar-refractivity contribution in [1.29, 1.82) is 0 Å². The molecule has 26 heavy (non-hydrogen) atoms. The van der Waals surface area contributed by atoms with E-state index in [4.69, 9.17) is 14.0 Å². The fourth-order valence-electron chi connectivity index (χ4n) is 3.17. The first kappa shape index (κ1) is 18.4. The van der Waals surface area contributed by atoms with Gasteiger partial charge in [-0.25, -0.2) is 0 Å². The van der Waals surface area contributed by atoms with Crippen LogP contribution in [0.2, 0.25) is 0 Å². The molecule has 1 fully saturated rings. The van der Waals surface area contributed by atoms with E-state index in [0.717, 1.165) is 30.7 Å². The Kier molecular flexibility index (Phi) is 6.22. The van der Waals surface area contributed by atoms with Crippen molar-refractivity contribution in [2.75, 3.05) is 20.3 Å². The highest BCUT2D eigenvalue weighted by Gasteiger charge is 2.33. The number of carbonyl (C=O) groups excluding carboxylic acids is 1. The number of rotatable bonds is 8. The van der Waals surface area contributed by atoms with Crippen molar-refractivity contribution in [2.45, 2.75) is 45.3 Å². The second kappa shape index (κ2) is 8.80. The van der Waals surface area contributed by atoms with Gasteiger partial charge in [-0.3, -0.25) is 4.79 Å². The number of aryl methyl sites for hydroxylation is 1. The van der Waals surface area contributed by atoms with Crippen LogP contribution in [0.5, 0.6) is 5.75 Å². The van der Waals surface area contributed by atoms with Crippen LogP contribution in [0, 0.1) is 0 Å². The Morgan fingerprint density at radius 2 is 2.15 bits per heavy atom. The molecule has 1 amide bonds. The zero-order chi connectivity index (χ0) is 18.4. The summed E-state index contributed by atoms with van der Waals surface area (Å²) in [7, 11) is 1.64. The summed E-state index contributed by atoms with van der Waals surface area (Å²) in [5.74, 6) is 1.98. The Labute approximate surface area is 153 Å². The van der Waals surface area contributed by atoms with E-state index in [-0.39, 0.29) is 11.9 Å². The molecule has 0 saturated carbocycles. The molecule has 1 aliphatic rings. The van der Waals surface area contributed by atoms with E-state index in [1.807, 2.05) is 36.1 Å². The Hall–Kier alpha value is -2.41. The maximum atomic E-state index is 12.7. The summed E-state index contributed by atoms with van der Waals surface area (Å²) in [5.41, 5.74) is 1.12. The minimum Gasteiger partial charge on any atom is -0.497 e. The first-order chi connectivity index (χ1) is 12.7. The normalized spacial score (nSPS) is 16.8. The molecule has 3 rings (SSSR count). The summed E-state index contributed by atoms with van der Waals surface area (Å²) >= 11 is 0. The van der Waals surface area contributed by atoms with E-state index in [1.54, 1.807) is 7.11 Å². The number of ether oxygens (including phenoxy) is 2. The minimum absolute atomic E-state index is 0.0995. The molecule has 1 unspecified atom stereocenters. The molecule has 0 aliphatic carbocycles. The first-order valence-electron chi connectivity index (χ1n) is 9.04. The highest BCUT2D eigenvalue weighted by molar-refractivity contribution is 5.77. The second-order valence-corrected chi connectivity index (χ2v) is 6.28.